The lowest BCUT2D eigenvalue weighted by atomic mass is 10.3. The molecular weight excluding hydrogens is 246 g/mol. The van der Waals surface area contributed by atoms with E-state index < -0.39 is 9.76 Å². The summed E-state index contributed by atoms with van der Waals surface area (Å²) in [6, 6.07) is 0. The smallest absolute Gasteiger partial charge is 0.358 e. The highest BCUT2D eigenvalue weighted by atomic mass is 35.6. The van der Waals surface area contributed by atoms with Crippen molar-refractivity contribution in [3.05, 3.63) is 0 Å². The molecule has 6 heteroatoms. The summed E-state index contributed by atoms with van der Waals surface area (Å²) >= 11 is 21.3. The van der Waals surface area contributed by atoms with Gasteiger partial charge >= 0.3 is 5.97 Å². The minimum atomic E-state index is -2.01. The third-order valence-electron chi connectivity index (χ3n) is 1.07. The van der Waals surface area contributed by atoms with Crippen LogP contribution in [0.25, 0.3) is 0 Å². The molecule has 0 aliphatic rings. The number of carbonyl (C=O) groups excluding carboxylic acids is 1. The Balaban J connectivity index is 3.73. The van der Waals surface area contributed by atoms with Gasteiger partial charge in [0.2, 0.25) is 0 Å². The summed E-state index contributed by atoms with van der Waals surface area (Å²) in [6.07, 6.45) is 0.689. The van der Waals surface area contributed by atoms with E-state index in [1.165, 1.54) is 0 Å². The minimum absolute atomic E-state index is 0.0603. The Labute approximate surface area is 91.1 Å². The number of carbonyl (C=O) groups is 1. The largest absolute Gasteiger partial charge is 0.461 e. The second-order valence-corrected chi connectivity index (χ2v) is 5.00. The molecular formula is C6H8Cl4O2. The van der Waals surface area contributed by atoms with E-state index >= 15 is 0 Å². The molecule has 0 saturated heterocycles. The average Bonchev–Trinajstić information content (AvgIpc) is 1.97. The lowest BCUT2D eigenvalue weighted by Crippen LogP contribution is -2.24. The highest BCUT2D eigenvalue weighted by molar-refractivity contribution is 6.75. The van der Waals surface area contributed by atoms with Gasteiger partial charge in [0.25, 0.3) is 3.79 Å². The number of hydrogen-bond acceptors (Lipinski definition) is 2. The first-order valence-corrected chi connectivity index (χ1v) is 4.83. The maximum Gasteiger partial charge on any atom is 0.358 e. The SMILES string of the molecule is CCC(Cl)COC(=O)C(Cl)(Cl)Cl. The third kappa shape index (κ3) is 5.31. The Hall–Kier alpha value is 0.630. The number of esters is 1. The Morgan fingerprint density at radius 3 is 2.33 bits per heavy atom. The van der Waals surface area contributed by atoms with Crippen molar-refractivity contribution >= 4 is 52.4 Å². The molecule has 0 aromatic carbocycles. The molecule has 0 rings (SSSR count). The van der Waals surface area contributed by atoms with Crippen LogP contribution in [-0.4, -0.2) is 21.7 Å². The molecule has 0 spiro atoms. The lowest BCUT2D eigenvalue weighted by Gasteiger charge is -2.12. The second kappa shape index (κ2) is 5.38. The van der Waals surface area contributed by atoms with Gasteiger partial charge in [-0.2, -0.15) is 0 Å². The number of ether oxygens (including phenoxy) is 1. The van der Waals surface area contributed by atoms with E-state index in [9.17, 15) is 4.79 Å². The number of rotatable bonds is 3. The van der Waals surface area contributed by atoms with Gasteiger partial charge in [0.15, 0.2) is 0 Å². The highest BCUT2D eigenvalue weighted by Crippen LogP contribution is 2.27. The summed E-state index contributed by atoms with van der Waals surface area (Å²) in [5, 5.41) is -0.235. The average molecular weight is 254 g/mol. The fourth-order valence-electron chi connectivity index (χ4n) is 0.366. The van der Waals surface area contributed by atoms with Crippen LogP contribution in [0.5, 0.6) is 0 Å². The Morgan fingerprint density at radius 1 is 1.50 bits per heavy atom. The standard InChI is InChI=1S/C6H8Cl4O2/c1-2-4(7)3-12-5(11)6(8,9)10/h4H,2-3H2,1H3. The number of halogens is 4. The molecule has 0 aliphatic carbocycles. The minimum Gasteiger partial charge on any atom is -0.461 e. The Bertz CT molecular complexity index is 154. The predicted octanol–water partition coefficient (Wildman–Crippen LogP) is 2.92. The van der Waals surface area contributed by atoms with Crippen LogP contribution in [-0.2, 0) is 9.53 Å². The molecule has 0 aromatic rings. The van der Waals surface area contributed by atoms with Crippen LogP contribution in [0.4, 0.5) is 0 Å². The molecule has 1 atom stereocenters. The van der Waals surface area contributed by atoms with Crippen molar-refractivity contribution in [1.29, 1.82) is 0 Å². The predicted molar refractivity (Wildman–Crippen MR) is 51.2 cm³/mol. The van der Waals surface area contributed by atoms with Crippen LogP contribution in [0.2, 0.25) is 0 Å². The molecule has 72 valence electrons. The van der Waals surface area contributed by atoms with Crippen molar-refractivity contribution in [2.75, 3.05) is 6.61 Å². The fourth-order valence-corrected chi connectivity index (χ4v) is 0.592. The van der Waals surface area contributed by atoms with Gasteiger partial charge in [0.1, 0.15) is 6.61 Å². The normalized spacial score (nSPS) is 14.1. The van der Waals surface area contributed by atoms with Crippen LogP contribution in [0.1, 0.15) is 13.3 Å². The maximum absolute atomic E-state index is 10.8. The lowest BCUT2D eigenvalue weighted by molar-refractivity contribution is -0.142. The van der Waals surface area contributed by atoms with Gasteiger partial charge in [-0.3, -0.25) is 0 Å². The van der Waals surface area contributed by atoms with E-state index in [0.29, 0.717) is 6.42 Å². The van der Waals surface area contributed by atoms with Gasteiger partial charge in [-0.1, -0.05) is 41.7 Å². The van der Waals surface area contributed by atoms with Crippen molar-refractivity contribution in [3.63, 3.8) is 0 Å². The Morgan fingerprint density at radius 2 is 2.00 bits per heavy atom. The quantitative estimate of drug-likeness (QED) is 0.571. The van der Waals surface area contributed by atoms with E-state index in [1.807, 2.05) is 6.92 Å². The van der Waals surface area contributed by atoms with E-state index in [1.54, 1.807) is 0 Å². The summed E-state index contributed by atoms with van der Waals surface area (Å²) in [6.45, 7) is 1.92. The van der Waals surface area contributed by atoms with Gasteiger partial charge in [-0.05, 0) is 6.42 Å². The first-order valence-electron chi connectivity index (χ1n) is 3.26. The molecule has 0 aromatic heterocycles. The summed E-state index contributed by atoms with van der Waals surface area (Å²) in [5.41, 5.74) is 0. The van der Waals surface area contributed by atoms with E-state index in [4.69, 9.17) is 46.4 Å². The topological polar surface area (TPSA) is 26.3 Å². The summed E-state index contributed by atoms with van der Waals surface area (Å²) in [4.78, 5) is 10.8. The van der Waals surface area contributed by atoms with Gasteiger partial charge in [-0.25, -0.2) is 4.79 Å². The van der Waals surface area contributed by atoms with Gasteiger partial charge in [-0.15, -0.1) is 11.6 Å². The van der Waals surface area contributed by atoms with E-state index in [2.05, 4.69) is 4.74 Å². The van der Waals surface area contributed by atoms with Gasteiger partial charge in [0, 0.05) is 0 Å². The zero-order chi connectivity index (χ0) is 9.78. The monoisotopic (exact) mass is 252 g/mol. The summed E-state index contributed by atoms with van der Waals surface area (Å²) in [5.74, 6) is -0.897. The van der Waals surface area contributed by atoms with Crippen LogP contribution < -0.4 is 0 Å². The van der Waals surface area contributed by atoms with Crippen molar-refractivity contribution < 1.29 is 9.53 Å². The molecule has 12 heavy (non-hydrogen) atoms. The molecule has 0 heterocycles. The van der Waals surface area contributed by atoms with Crippen molar-refractivity contribution in [2.45, 2.75) is 22.5 Å². The molecule has 0 amide bonds. The first-order chi connectivity index (χ1) is 5.38. The molecule has 0 radical (unpaired) electrons. The molecule has 0 bridgehead atoms. The maximum atomic E-state index is 10.8. The molecule has 0 fully saturated rings. The zero-order valence-corrected chi connectivity index (χ0v) is 9.34. The van der Waals surface area contributed by atoms with E-state index in [-0.39, 0.29) is 12.0 Å². The van der Waals surface area contributed by atoms with Crippen LogP contribution in [0, 0.1) is 0 Å². The molecule has 0 saturated carbocycles. The van der Waals surface area contributed by atoms with Crippen LogP contribution in [0.15, 0.2) is 0 Å². The summed E-state index contributed by atoms with van der Waals surface area (Å²) < 4.78 is 2.58. The van der Waals surface area contributed by atoms with Crippen molar-refractivity contribution in [2.24, 2.45) is 0 Å². The molecule has 0 N–H and O–H groups in total. The fraction of sp³-hybridized carbons (Fsp3) is 0.833. The third-order valence-corrected chi connectivity index (χ3v) is 1.97. The van der Waals surface area contributed by atoms with Crippen molar-refractivity contribution in [1.82, 2.24) is 0 Å². The molecule has 0 aliphatic heterocycles. The highest BCUT2D eigenvalue weighted by Gasteiger charge is 2.32. The molecule has 1 unspecified atom stereocenters. The Kier molecular flexibility index (Phi) is 5.66. The van der Waals surface area contributed by atoms with Crippen LogP contribution in [0.3, 0.4) is 0 Å². The van der Waals surface area contributed by atoms with E-state index in [0.717, 1.165) is 0 Å². The summed E-state index contributed by atoms with van der Waals surface area (Å²) in [7, 11) is 0. The first kappa shape index (κ1) is 12.6. The van der Waals surface area contributed by atoms with Crippen LogP contribution >= 0.6 is 46.4 Å². The van der Waals surface area contributed by atoms with Gasteiger partial charge < -0.3 is 4.74 Å². The number of hydrogen-bond donors (Lipinski definition) is 0. The van der Waals surface area contributed by atoms with Crippen molar-refractivity contribution in [3.8, 4) is 0 Å². The second-order valence-electron chi connectivity index (χ2n) is 2.10. The zero-order valence-electron chi connectivity index (χ0n) is 6.32. The van der Waals surface area contributed by atoms with Gasteiger partial charge in [0.05, 0.1) is 5.38 Å². The molecule has 2 nitrogen and oxygen atoms in total. The number of alkyl halides is 4.